The highest BCUT2D eigenvalue weighted by Crippen LogP contribution is 2.40. The Kier molecular flexibility index (Phi) is 12.7. The van der Waals surface area contributed by atoms with Crippen molar-refractivity contribution in [1.29, 1.82) is 0 Å². The zero-order valence-corrected chi connectivity index (χ0v) is 37.4. The summed E-state index contributed by atoms with van der Waals surface area (Å²) in [5.74, 6) is 2.07. The summed E-state index contributed by atoms with van der Waals surface area (Å²) in [6.45, 7) is 13.2. The van der Waals surface area contributed by atoms with Gasteiger partial charge in [-0.05, 0) is 105 Å². The molecule has 9 rings (SSSR count). The molecule has 2 amide bonds. The van der Waals surface area contributed by atoms with Gasteiger partial charge >= 0.3 is 0 Å². The molecule has 0 saturated carbocycles. The number of aromatic amines is 2. The Morgan fingerprint density at radius 1 is 0.635 bits per heavy atom. The molecule has 0 unspecified atom stereocenters. The molecule has 2 N–H and O–H groups in total. The molecule has 6 aromatic rings. The van der Waals surface area contributed by atoms with Gasteiger partial charge in [0.1, 0.15) is 23.7 Å². The highest BCUT2D eigenvalue weighted by Gasteiger charge is 2.40. The second-order valence-corrected chi connectivity index (χ2v) is 17.4. The van der Waals surface area contributed by atoms with E-state index in [1.165, 1.54) is 22.4 Å². The lowest BCUT2D eigenvalue weighted by Gasteiger charge is -2.34. The number of amides is 2. The molecule has 4 atom stereocenters. The fraction of sp³-hybridized carbons (Fsp3) is 0.396. The predicted molar refractivity (Wildman–Crippen MR) is 251 cm³/mol. The summed E-state index contributed by atoms with van der Waals surface area (Å²) in [6.07, 6.45) is 8.57. The number of rotatable bonds is 14. The predicted octanol–water partition coefficient (Wildman–Crippen LogP) is 10.1. The van der Waals surface area contributed by atoms with Crippen LogP contribution in [0.3, 0.4) is 0 Å². The average molecular weight is 843 g/mol. The fourth-order valence-electron chi connectivity index (χ4n) is 10.6. The summed E-state index contributed by atoms with van der Waals surface area (Å²) in [4.78, 5) is 55.0. The Balaban J connectivity index is 0.915. The summed E-state index contributed by atoms with van der Waals surface area (Å²) >= 11 is 0. The van der Waals surface area contributed by atoms with E-state index in [0.29, 0.717) is 0 Å². The zero-order valence-electron chi connectivity index (χ0n) is 37.4. The Morgan fingerprint density at radius 2 is 1.17 bits per heavy atom. The van der Waals surface area contributed by atoms with Gasteiger partial charge in [-0.2, -0.15) is 0 Å². The van der Waals surface area contributed by atoms with Gasteiger partial charge in [0.15, 0.2) is 0 Å². The van der Waals surface area contributed by atoms with Gasteiger partial charge < -0.3 is 19.8 Å². The number of carbonyl (C=O) groups excluding carboxylic acids is 2. The van der Waals surface area contributed by atoms with Gasteiger partial charge in [0.25, 0.3) is 0 Å². The van der Waals surface area contributed by atoms with Crippen LogP contribution in [0.5, 0.6) is 0 Å². The molecule has 3 aliphatic rings. The fourth-order valence-corrected chi connectivity index (χ4v) is 10.6. The van der Waals surface area contributed by atoms with E-state index in [2.05, 4.69) is 119 Å². The normalized spacial score (nSPS) is 18.4. The molecular formula is C53H62N8O2. The number of nitrogens with zero attached hydrogens (tertiary/aromatic N) is 6. The van der Waals surface area contributed by atoms with Crippen molar-refractivity contribution in [3.05, 3.63) is 143 Å². The average Bonchev–Trinajstić information content (AvgIpc) is 4.17. The Hall–Kier alpha value is -5.84. The molecule has 10 heteroatoms. The number of fused-ring (bicyclic) bond motifs is 3. The second kappa shape index (κ2) is 18.9. The number of imidazole rings is 2. The Bertz CT molecular complexity index is 2490. The first-order chi connectivity index (χ1) is 30.9. The maximum absolute atomic E-state index is 14.5. The van der Waals surface area contributed by atoms with Crippen molar-refractivity contribution in [3.8, 4) is 33.6 Å². The molecule has 2 aliphatic heterocycles. The number of hydrogen-bond donors (Lipinski definition) is 2. The first kappa shape index (κ1) is 42.5. The summed E-state index contributed by atoms with van der Waals surface area (Å²) in [6, 6.07) is 35.2. The number of likely N-dealkylation sites (tertiary alicyclic amines) is 2. The van der Waals surface area contributed by atoms with Gasteiger partial charge in [-0.15, -0.1) is 0 Å². The third-order valence-corrected chi connectivity index (χ3v) is 13.9. The van der Waals surface area contributed by atoms with Crippen molar-refractivity contribution in [2.24, 2.45) is 0 Å². The highest BCUT2D eigenvalue weighted by molar-refractivity contribution is 5.85. The Morgan fingerprint density at radius 3 is 1.75 bits per heavy atom. The van der Waals surface area contributed by atoms with Crippen LogP contribution in [0.15, 0.2) is 109 Å². The van der Waals surface area contributed by atoms with E-state index in [4.69, 9.17) is 9.97 Å². The lowest BCUT2D eigenvalue weighted by atomic mass is 9.95. The lowest BCUT2D eigenvalue weighted by Crippen LogP contribution is -2.43. The van der Waals surface area contributed by atoms with E-state index in [0.717, 1.165) is 130 Å². The SMILES string of the molecule is CCN(CC)[C@@H](C(=O)N1CCC[C@@H]1c1nc2c([nH]1)CCCc1cc(-c3ccc(-c4cnc([C@@H]5CCCN5C(=O)[C@@H](c5ccccc5)N(CC)CC)[nH]4)cc3)ccc1-2)c1ccccc1. The molecular weight excluding hydrogens is 781 g/mol. The molecule has 10 nitrogen and oxygen atoms in total. The molecule has 4 heterocycles. The molecule has 1 aliphatic carbocycles. The van der Waals surface area contributed by atoms with E-state index in [-0.39, 0.29) is 36.0 Å². The zero-order chi connectivity index (χ0) is 43.5. The number of benzene rings is 4. The summed E-state index contributed by atoms with van der Waals surface area (Å²) in [5.41, 5.74) is 11.1. The van der Waals surface area contributed by atoms with E-state index in [1.54, 1.807) is 0 Å². The molecule has 0 spiro atoms. The summed E-state index contributed by atoms with van der Waals surface area (Å²) < 4.78 is 0. The topological polar surface area (TPSA) is 104 Å². The minimum absolute atomic E-state index is 0.0671. The van der Waals surface area contributed by atoms with Crippen molar-refractivity contribution >= 4 is 11.8 Å². The number of H-pyrrole nitrogens is 2. The quantitative estimate of drug-likeness (QED) is 0.113. The Labute approximate surface area is 372 Å². The molecule has 326 valence electrons. The molecule has 0 radical (unpaired) electrons. The smallest absolute Gasteiger partial charge is 0.245 e. The van der Waals surface area contributed by atoms with Crippen molar-refractivity contribution < 1.29 is 9.59 Å². The molecule has 4 aromatic carbocycles. The summed E-state index contributed by atoms with van der Waals surface area (Å²) in [5, 5.41) is 0. The van der Waals surface area contributed by atoms with Gasteiger partial charge in [-0.3, -0.25) is 19.4 Å². The number of likely N-dealkylation sites (N-methyl/N-ethyl adjacent to an activating group) is 2. The van der Waals surface area contributed by atoms with E-state index in [1.807, 2.05) is 47.5 Å². The molecule has 2 aromatic heterocycles. The van der Waals surface area contributed by atoms with Crippen LogP contribution in [0.1, 0.15) is 118 Å². The molecule has 0 bridgehead atoms. The van der Waals surface area contributed by atoms with Crippen molar-refractivity contribution in [1.82, 2.24) is 39.5 Å². The van der Waals surface area contributed by atoms with Crippen LogP contribution >= 0.6 is 0 Å². The van der Waals surface area contributed by atoms with E-state index in [9.17, 15) is 9.59 Å². The number of hydrogen-bond acceptors (Lipinski definition) is 6. The lowest BCUT2D eigenvalue weighted by molar-refractivity contribution is -0.139. The minimum Gasteiger partial charge on any atom is -0.344 e. The standard InChI is InChI=1S/C53H62N8O2/c1-5-58(6-2)48(38-18-11-9-12-19-38)52(62)60-32-16-24-45(60)50-54-35-44(56-50)37-28-26-36(27-29-37)40-30-31-42-41(34-40)22-15-23-43-47(42)57-51(55-43)46-25-17-33-61(46)53(63)49(59(7-3)8-4)39-20-13-10-14-21-39/h9-14,18-21,26-31,34-35,45-46,48-49H,5-8,15-17,22-25,32-33H2,1-4H3,(H,54,56)(H,55,57)/t45-,46+,48+,49+/m0/s1. The maximum atomic E-state index is 14.5. The third-order valence-electron chi connectivity index (χ3n) is 13.9. The van der Waals surface area contributed by atoms with Crippen LogP contribution in [-0.4, -0.2) is 90.6 Å². The third kappa shape index (κ3) is 8.39. The minimum atomic E-state index is -0.313. The summed E-state index contributed by atoms with van der Waals surface area (Å²) in [7, 11) is 0. The van der Waals surface area contributed by atoms with Crippen LogP contribution < -0.4 is 0 Å². The first-order valence-corrected chi connectivity index (χ1v) is 23.5. The van der Waals surface area contributed by atoms with Crippen LogP contribution in [0, 0.1) is 0 Å². The van der Waals surface area contributed by atoms with Crippen molar-refractivity contribution in [2.75, 3.05) is 39.3 Å². The molecule has 2 fully saturated rings. The highest BCUT2D eigenvalue weighted by atomic mass is 16.2. The number of aryl methyl sites for hydroxylation is 2. The number of carbonyl (C=O) groups is 2. The van der Waals surface area contributed by atoms with E-state index >= 15 is 0 Å². The first-order valence-electron chi connectivity index (χ1n) is 23.5. The van der Waals surface area contributed by atoms with Gasteiger partial charge in [0.05, 0.1) is 29.7 Å². The number of nitrogens with one attached hydrogen (secondary N) is 2. The van der Waals surface area contributed by atoms with Gasteiger partial charge in [0.2, 0.25) is 11.8 Å². The number of aromatic nitrogens is 4. The maximum Gasteiger partial charge on any atom is 0.245 e. The van der Waals surface area contributed by atoms with Crippen molar-refractivity contribution in [3.63, 3.8) is 0 Å². The second-order valence-electron chi connectivity index (χ2n) is 17.4. The van der Waals surface area contributed by atoms with Crippen LogP contribution in [-0.2, 0) is 22.4 Å². The monoisotopic (exact) mass is 842 g/mol. The van der Waals surface area contributed by atoms with E-state index < -0.39 is 0 Å². The van der Waals surface area contributed by atoms with Crippen LogP contribution in [0.25, 0.3) is 33.6 Å². The van der Waals surface area contributed by atoms with Gasteiger partial charge in [-0.1, -0.05) is 131 Å². The van der Waals surface area contributed by atoms with Crippen LogP contribution in [0.2, 0.25) is 0 Å². The van der Waals surface area contributed by atoms with Crippen LogP contribution in [0.4, 0.5) is 0 Å². The molecule has 63 heavy (non-hydrogen) atoms. The van der Waals surface area contributed by atoms with Crippen molar-refractivity contribution in [2.45, 2.75) is 96.8 Å². The molecule has 2 saturated heterocycles. The largest absolute Gasteiger partial charge is 0.344 e. The van der Waals surface area contributed by atoms with Gasteiger partial charge in [-0.25, -0.2) is 9.97 Å². The van der Waals surface area contributed by atoms with Gasteiger partial charge in [0, 0.05) is 24.3 Å².